The van der Waals surface area contributed by atoms with E-state index in [1.54, 1.807) is 30.3 Å². The van der Waals surface area contributed by atoms with Crippen molar-refractivity contribution in [1.29, 1.82) is 5.26 Å². The van der Waals surface area contributed by atoms with Crippen LogP contribution in [-0.2, 0) is 12.7 Å². The van der Waals surface area contributed by atoms with Crippen molar-refractivity contribution in [3.05, 3.63) is 70.5 Å². The number of hydrogen-bond acceptors (Lipinski definition) is 2. The fraction of sp³-hybridized carbons (Fsp3) is 0.125. The first-order valence-corrected chi connectivity index (χ1v) is 6.31. The molecular weight excluding hydrogens is 293 g/mol. The van der Waals surface area contributed by atoms with Crippen LogP contribution < -0.4 is 5.56 Å². The first-order valence-electron chi connectivity index (χ1n) is 6.31. The molecule has 1 heterocycles. The van der Waals surface area contributed by atoms with Crippen molar-refractivity contribution in [2.24, 2.45) is 0 Å². The molecule has 0 bridgehead atoms. The highest BCUT2D eigenvalue weighted by molar-refractivity contribution is 5.62. The minimum absolute atomic E-state index is 0.00980. The highest BCUT2D eigenvalue weighted by Crippen LogP contribution is 2.33. The van der Waals surface area contributed by atoms with Crippen LogP contribution in [-0.4, -0.2) is 4.57 Å². The molecule has 0 aliphatic carbocycles. The number of pyridine rings is 1. The standard InChI is InChI=1S/C16H11F3N2O/c1-2-8-21-14(11-6-4-3-5-7-11)9-13(16(17,18)19)12(10-20)15(21)22/h2-7,9H,1,8H2. The molecule has 0 spiro atoms. The van der Waals surface area contributed by atoms with Gasteiger partial charge in [0.1, 0.15) is 11.6 Å². The third-order valence-electron chi connectivity index (χ3n) is 3.10. The lowest BCUT2D eigenvalue weighted by atomic mass is 10.0. The lowest BCUT2D eigenvalue weighted by Gasteiger charge is -2.16. The van der Waals surface area contributed by atoms with Gasteiger partial charge in [-0.05, 0) is 11.6 Å². The van der Waals surface area contributed by atoms with Gasteiger partial charge in [-0.1, -0.05) is 36.4 Å². The zero-order valence-electron chi connectivity index (χ0n) is 11.4. The van der Waals surface area contributed by atoms with Gasteiger partial charge < -0.3 is 4.57 Å². The molecule has 6 heteroatoms. The number of allylic oxidation sites excluding steroid dienone is 1. The number of aromatic nitrogens is 1. The first-order chi connectivity index (χ1) is 10.4. The highest BCUT2D eigenvalue weighted by atomic mass is 19.4. The van der Waals surface area contributed by atoms with Gasteiger partial charge in [0, 0.05) is 6.54 Å². The van der Waals surface area contributed by atoms with E-state index in [2.05, 4.69) is 6.58 Å². The molecule has 0 amide bonds. The van der Waals surface area contributed by atoms with E-state index in [-0.39, 0.29) is 12.2 Å². The van der Waals surface area contributed by atoms with Crippen LogP contribution in [0, 0.1) is 11.3 Å². The molecule has 0 aliphatic heterocycles. The summed E-state index contributed by atoms with van der Waals surface area (Å²) in [5.41, 5.74) is -2.56. The summed E-state index contributed by atoms with van der Waals surface area (Å²) in [6.45, 7) is 3.50. The average Bonchev–Trinajstić information content (AvgIpc) is 2.48. The number of nitrogens with zero attached hydrogens (tertiary/aromatic N) is 2. The SMILES string of the molecule is C=CCn1c(-c2ccccc2)cc(C(F)(F)F)c(C#N)c1=O. The minimum atomic E-state index is -4.78. The van der Waals surface area contributed by atoms with Crippen LogP contribution in [0.25, 0.3) is 11.3 Å². The number of rotatable bonds is 3. The summed E-state index contributed by atoms with van der Waals surface area (Å²) in [7, 11) is 0. The molecular formula is C16H11F3N2O. The Kier molecular flexibility index (Phi) is 4.18. The molecule has 22 heavy (non-hydrogen) atoms. The molecule has 1 aromatic carbocycles. The monoisotopic (exact) mass is 304 g/mol. The van der Waals surface area contributed by atoms with Gasteiger partial charge >= 0.3 is 6.18 Å². The Balaban J connectivity index is 2.88. The van der Waals surface area contributed by atoms with Gasteiger partial charge in [0.05, 0.1) is 11.3 Å². The fourth-order valence-electron chi connectivity index (χ4n) is 2.14. The minimum Gasteiger partial charge on any atom is -0.303 e. The summed E-state index contributed by atoms with van der Waals surface area (Å²) in [5, 5.41) is 8.93. The Labute approximate surface area is 124 Å². The third kappa shape index (κ3) is 2.79. The molecule has 3 nitrogen and oxygen atoms in total. The maximum absolute atomic E-state index is 13.1. The molecule has 2 aromatic rings. The number of halogens is 3. The van der Waals surface area contributed by atoms with Crippen LogP contribution in [0.3, 0.4) is 0 Å². The van der Waals surface area contributed by atoms with Crippen molar-refractivity contribution in [1.82, 2.24) is 4.57 Å². The Bertz CT molecular complexity index is 799. The number of hydrogen-bond donors (Lipinski definition) is 0. The van der Waals surface area contributed by atoms with Crippen LogP contribution in [0.4, 0.5) is 13.2 Å². The van der Waals surface area contributed by atoms with E-state index < -0.39 is 22.9 Å². The lowest BCUT2D eigenvalue weighted by molar-refractivity contribution is -0.137. The van der Waals surface area contributed by atoms with E-state index >= 15 is 0 Å². The van der Waals surface area contributed by atoms with Gasteiger partial charge in [-0.15, -0.1) is 6.58 Å². The Hall–Kier alpha value is -2.81. The van der Waals surface area contributed by atoms with E-state index in [4.69, 9.17) is 5.26 Å². The van der Waals surface area contributed by atoms with Gasteiger partial charge in [0.25, 0.3) is 5.56 Å². The number of benzene rings is 1. The van der Waals surface area contributed by atoms with Crippen molar-refractivity contribution in [3.63, 3.8) is 0 Å². The topological polar surface area (TPSA) is 45.8 Å². The van der Waals surface area contributed by atoms with E-state index in [1.807, 2.05) is 0 Å². The molecule has 112 valence electrons. The van der Waals surface area contributed by atoms with Crippen molar-refractivity contribution >= 4 is 0 Å². The second kappa shape index (κ2) is 5.90. The normalized spacial score (nSPS) is 11.0. The summed E-state index contributed by atoms with van der Waals surface area (Å²) in [4.78, 5) is 12.2. The highest BCUT2D eigenvalue weighted by Gasteiger charge is 2.36. The molecule has 0 unspecified atom stereocenters. The van der Waals surface area contributed by atoms with E-state index in [0.29, 0.717) is 5.56 Å². The van der Waals surface area contributed by atoms with Crippen molar-refractivity contribution in [2.75, 3.05) is 0 Å². The second-order valence-corrected chi connectivity index (χ2v) is 4.50. The summed E-state index contributed by atoms with van der Waals surface area (Å²) < 4.78 is 40.4. The predicted molar refractivity (Wildman–Crippen MR) is 76.1 cm³/mol. The van der Waals surface area contributed by atoms with Gasteiger partial charge in [-0.25, -0.2) is 0 Å². The van der Waals surface area contributed by atoms with Gasteiger partial charge in [-0.2, -0.15) is 18.4 Å². The Morgan fingerprint density at radius 3 is 2.41 bits per heavy atom. The second-order valence-electron chi connectivity index (χ2n) is 4.50. The van der Waals surface area contributed by atoms with Crippen molar-refractivity contribution in [2.45, 2.75) is 12.7 Å². The molecule has 0 N–H and O–H groups in total. The van der Waals surface area contributed by atoms with Crippen molar-refractivity contribution < 1.29 is 13.2 Å². The molecule has 1 aromatic heterocycles. The summed E-state index contributed by atoms with van der Waals surface area (Å²) >= 11 is 0. The molecule has 0 saturated carbocycles. The third-order valence-corrected chi connectivity index (χ3v) is 3.10. The molecule has 0 atom stereocenters. The summed E-state index contributed by atoms with van der Waals surface area (Å²) in [6, 6.07) is 10.4. The van der Waals surface area contributed by atoms with Crippen LogP contribution >= 0.6 is 0 Å². The van der Waals surface area contributed by atoms with Crippen LogP contribution in [0.15, 0.2) is 53.8 Å². The molecule has 2 rings (SSSR count). The fourth-order valence-corrected chi connectivity index (χ4v) is 2.14. The first kappa shape index (κ1) is 15.6. The quantitative estimate of drug-likeness (QED) is 0.813. The van der Waals surface area contributed by atoms with E-state index in [9.17, 15) is 18.0 Å². The van der Waals surface area contributed by atoms with Gasteiger partial charge in [-0.3, -0.25) is 4.79 Å². The molecule has 0 radical (unpaired) electrons. The van der Waals surface area contributed by atoms with Gasteiger partial charge in [0.2, 0.25) is 0 Å². The number of nitriles is 1. The largest absolute Gasteiger partial charge is 0.417 e. The zero-order valence-corrected chi connectivity index (χ0v) is 11.4. The molecule has 0 aliphatic rings. The maximum atomic E-state index is 13.1. The predicted octanol–water partition coefficient (Wildman–Crippen LogP) is 3.59. The smallest absolute Gasteiger partial charge is 0.303 e. The lowest BCUT2D eigenvalue weighted by Crippen LogP contribution is -2.27. The maximum Gasteiger partial charge on any atom is 0.417 e. The van der Waals surface area contributed by atoms with Crippen LogP contribution in [0.5, 0.6) is 0 Å². The van der Waals surface area contributed by atoms with E-state index in [1.165, 1.54) is 12.1 Å². The van der Waals surface area contributed by atoms with Crippen LogP contribution in [0.1, 0.15) is 11.1 Å². The Morgan fingerprint density at radius 2 is 1.91 bits per heavy atom. The molecule has 0 fully saturated rings. The summed E-state index contributed by atoms with van der Waals surface area (Å²) in [6.07, 6.45) is -3.39. The van der Waals surface area contributed by atoms with Gasteiger partial charge in [0.15, 0.2) is 0 Å². The number of alkyl halides is 3. The molecule has 0 saturated heterocycles. The summed E-state index contributed by atoms with van der Waals surface area (Å²) in [5.74, 6) is 0. The van der Waals surface area contributed by atoms with E-state index in [0.717, 1.165) is 10.6 Å². The average molecular weight is 304 g/mol. The zero-order chi connectivity index (χ0) is 16.3. The Morgan fingerprint density at radius 1 is 1.27 bits per heavy atom. The van der Waals surface area contributed by atoms with Crippen LogP contribution in [0.2, 0.25) is 0 Å². The van der Waals surface area contributed by atoms with Crippen molar-refractivity contribution in [3.8, 4) is 17.3 Å².